The second kappa shape index (κ2) is 17.1. The number of likely N-dealkylation sites (tertiary alicyclic amines) is 1. The van der Waals surface area contributed by atoms with E-state index in [-0.39, 0.29) is 54.7 Å². The first-order valence-electron chi connectivity index (χ1n) is 16.7. The standard InChI is InChI=1S/C38H41ClN6O7S/c1-37(2,3)32(34(49)43-22-27(46)20-30(43)33(48)41-6)42-31(47)23-51-17-9-7-8-10-18-52-28-15-13-25(14-16-28)45-36(53)44(35(50)38(45,4)5)26-12-11-24(21-40)29(39)19-26/h11-16,19,27,30,32,46H,17-18,20,22-23H2,1-6H3,(H,41,48)(H,42,47)/t27-,30+,32-/m1/s1. The van der Waals surface area contributed by atoms with Gasteiger partial charge in [-0.1, -0.05) is 38.3 Å². The molecule has 4 rings (SSSR count). The number of nitriles is 1. The topological polar surface area (TPSA) is 165 Å². The Bertz CT molecular complexity index is 1930. The second-order valence-electron chi connectivity index (χ2n) is 13.8. The number of thiocarbonyl (C=S) groups is 1. The quantitative estimate of drug-likeness (QED) is 0.187. The van der Waals surface area contributed by atoms with Crippen LogP contribution < -0.4 is 25.2 Å². The largest absolute Gasteiger partial charge is 0.481 e. The number of β-amino-alcohol motifs (C(OH)–C–C–N with tert-alkyl or cyclic N) is 1. The SMILES string of the molecule is CNC(=O)[C@@H]1C[C@@H](O)CN1C(=O)[C@@H](NC(=O)COCC#CC#CCOc1ccc(N2C(=S)N(c3ccc(C#N)c(Cl)c3)C(=O)C2(C)C)cc1)C(C)(C)C. The Morgan fingerprint density at radius 3 is 2.34 bits per heavy atom. The molecule has 15 heteroatoms. The van der Waals surface area contributed by atoms with E-state index in [4.69, 9.17) is 33.3 Å². The van der Waals surface area contributed by atoms with Gasteiger partial charge in [0.25, 0.3) is 5.91 Å². The van der Waals surface area contributed by atoms with E-state index in [0.717, 1.165) is 0 Å². The van der Waals surface area contributed by atoms with Crippen LogP contribution in [-0.4, -0.2) is 95.9 Å². The molecule has 4 amide bonds. The Morgan fingerprint density at radius 1 is 1.09 bits per heavy atom. The summed E-state index contributed by atoms with van der Waals surface area (Å²) >= 11 is 11.9. The minimum absolute atomic E-state index is 0.00215. The fourth-order valence-electron chi connectivity index (χ4n) is 5.85. The molecule has 53 heavy (non-hydrogen) atoms. The summed E-state index contributed by atoms with van der Waals surface area (Å²) in [7, 11) is 1.46. The highest BCUT2D eigenvalue weighted by molar-refractivity contribution is 7.81. The predicted molar refractivity (Wildman–Crippen MR) is 203 cm³/mol. The van der Waals surface area contributed by atoms with E-state index in [9.17, 15) is 29.5 Å². The van der Waals surface area contributed by atoms with Crippen LogP contribution in [0.25, 0.3) is 0 Å². The van der Waals surface area contributed by atoms with Gasteiger partial charge < -0.3 is 35.0 Å². The summed E-state index contributed by atoms with van der Waals surface area (Å²) in [5.74, 6) is 9.69. The molecule has 2 aromatic rings. The van der Waals surface area contributed by atoms with Crippen LogP contribution in [0.5, 0.6) is 5.75 Å². The van der Waals surface area contributed by atoms with Crippen LogP contribution in [0.15, 0.2) is 42.5 Å². The molecule has 2 saturated heterocycles. The number of halogens is 1. The number of aliphatic hydroxyl groups is 1. The average Bonchev–Trinajstić information content (AvgIpc) is 3.58. The summed E-state index contributed by atoms with van der Waals surface area (Å²) in [6.07, 6.45) is -0.712. The van der Waals surface area contributed by atoms with Crippen LogP contribution >= 0.6 is 23.8 Å². The van der Waals surface area contributed by atoms with Crippen molar-refractivity contribution in [1.82, 2.24) is 15.5 Å². The van der Waals surface area contributed by atoms with E-state index in [2.05, 4.69) is 34.3 Å². The van der Waals surface area contributed by atoms with Crippen LogP contribution in [0.4, 0.5) is 11.4 Å². The lowest BCUT2D eigenvalue weighted by molar-refractivity contribution is -0.144. The Hall–Kier alpha value is -5.17. The van der Waals surface area contributed by atoms with E-state index in [1.165, 1.54) is 16.8 Å². The van der Waals surface area contributed by atoms with Crippen LogP contribution in [0.1, 0.15) is 46.6 Å². The van der Waals surface area contributed by atoms with Gasteiger partial charge in [0, 0.05) is 25.7 Å². The molecule has 2 aliphatic heterocycles. The van der Waals surface area contributed by atoms with Crippen LogP contribution in [-0.2, 0) is 23.9 Å². The number of hydrogen-bond donors (Lipinski definition) is 3. The molecule has 0 spiro atoms. The highest BCUT2D eigenvalue weighted by Gasteiger charge is 2.50. The summed E-state index contributed by atoms with van der Waals surface area (Å²) in [4.78, 5) is 56.2. The smallest absolute Gasteiger partial charge is 0.259 e. The molecule has 13 nitrogen and oxygen atoms in total. The number of aliphatic hydroxyl groups excluding tert-OH is 1. The predicted octanol–water partition coefficient (Wildman–Crippen LogP) is 2.77. The molecule has 278 valence electrons. The van der Waals surface area contributed by atoms with E-state index < -0.39 is 41.0 Å². The number of carbonyl (C=O) groups excluding carboxylic acids is 4. The Labute approximate surface area is 319 Å². The number of nitrogens with one attached hydrogen (secondary N) is 2. The zero-order chi connectivity index (χ0) is 39.1. The molecule has 0 aromatic heterocycles. The molecule has 0 saturated carbocycles. The van der Waals surface area contributed by atoms with Gasteiger partial charge in [-0.3, -0.25) is 24.1 Å². The van der Waals surface area contributed by atoms with Gasteiger partial charge in [-0.05, 0) is 91.7 Å². The molecular weight excluding hydrogens is 720 g/mol. The summed E-state index contributed by atoms with van der Waals surface area (Å²) in [5.41, 5.74) is -0.239. The zero-order valence-corrected chi connectivity index (χ0v) is 31.9. The first-order valence-corrected chi connectivity index (χ1v) is 17.4. The minimum atomic E-state index is -0.997. The normalized spacial score (nSPS) is 18.3. The second-order valence-corrected chi connectivity index (χ2v) is 14.6. The Balaban J connectivity index is 1.25. The molecule has 2 fully saturated rings. The fourth-order valence-corrected chi connectivity index (χ4v) is 6.58. The number of benzene rings is 2. The Kier molecular flexibility index (Phi) is 13.1. The number of rotatable bonds is 10. The van der Waals surface area contributed by atoms with Crippen molar-refractivity contribution < 1.29 is 33.8 Å². The molecule has 0 unspecified atom stereocenters. The number of anilines is 2. The molecule has 2 aromatic carbocycles. The maximum absolute atomic E-state index is 13.4. The van der Waals surface area contributed by atoms with Crippen LogP contribution in [0.3, 0.4) is 0 Å². The lowest BCUT2D eigenvalue weighted by Crippen LogP contribution is -2.58. The van der Waals surface area contributed by atoms with Gasteiger partial charge in [0.05, 0.1) is 22.4 Å². The number of hydrogen-bond acceptors (Lipinski definition) is 9. The number of nitrogens with zero attached hydrogens (tertiary/aromatic N) is 4. The van der Waals surface area contributed by atoms with E-state index in [0.29, 0.717) is 22.7 Å². The first-order chi connectivity index (χ1) is 25.0. The molecule has 3 N–H and O–H groups in total. The molecule has 2 heterocycles. The number of amides is 4. The molecular formula is C38H41ClN6O7S. The first kappa shape index (κ1) is 40.6. The van der Waals surface area contributed by atoms with Crippen molar-refractivity contribution in [3.8, 4) is 35.5 Å². The molecule has 3 atom stereocenters. The number of ether oxygens (including phenoxy) is 2. The number of carbonyl (C=O) groups is 4. The lowest BCUT2D eigenvalue weighted by atomic mass is 9.85. The lowest BCUT2D eigenvalue weighted by Gasteiger charge is -2.35. The van der Waals surface area contributed by atoms with E-state index in [1.807, 2.05) is 6.07 Å². The molecule has 0 aliphatic carbocycles. The van der Waals surface area contributed by atoms with E-state index >= 15 is 0 Å². The highest BCUT2D eigenvalue weighted by Crippen LogP contribution is 2.38. The van der Waals surface area contributed by atoms with Gasteiger partial charge in [-0.25, -0.2) is 0 Å². The minimum Gasteiger partial charge on any atom is -0.481 e. The highest BCUT2D eigenvalue weighted by atomic mass is 35.5. The van der Waals surface area contributed by atoms with Gasteiger partial charge >= 0.3 is 0 Å². The summed E-state index contributed by atoms with van der Waals surface area (Å²) in [6, 6.07) is 12.0. The van der Waals surface area contributed by atoms with Crippen molar-refractivity contribution in [1.29, 1.82) is 5.26 Å². The molecule has 2 aliphatic rings. The monoisotopic (exact) mass is 760 g/mol. The average molecular weight is 761 g/mol. The fraction of sp³-hybridized carbons (Fsp3) is 0.421. The summed E-state index contributed by atoms with van der Waals surface area (Å²) in [6.45, 7) is 8.53. The number of likely N-dealkylation sites (N-methyl/N-ethyl adjacent to an activating group) is 1. The summed E-state index contributed by atoms with van der Waals surface area (Å²) in [5, 5.41) is 25.0. The van der Waals surface area contributed by atoms with Crippen molar-refractivity contribution in [2.75, 3.05) is 43.2 Å². The zero-order valence-electron chi connectivity index (χ0n) is 30.3. The van der Waals surface area contributed by atoms with Crippen LogP contribution in [0.2, 0.25) is 5.02 Å². The van der Waals surface area contributed by atoms with Gasteiger partial charge in [-0.2, -0.15) is 5.26 Å². The van der Waals surface area contributed by atoms with Gasteiger partial charge in [0.1, 0.15) is 49.3 Å². The third kappa shape index (κ3) is 9.44. The van der Waals surface area contributed by atoms with Crippen molar-refractivity contribution in [3.05, 3.63) is 53.1 Å². The van der Waals surface area contributed by atoms with Crippen molar-refractivity contribution >= 4 is 63.9 Å². The third-order valence-corrected chi connectivity index (χ3v) is 9.26. The Morgan fingerprint density at radius 2 is 1.74 bits per heavy atom. The maximum Gasteiger partial charge on any atom is 0.259 e. The summed E-state index contributed by atoms with van der Waals surface area (Å²) < 4.78 is 11.0. The van der Waals surface area contributed by atoms with Crippen molar-refractivity contribution in [2.24, 2.45) is 5.41 Å². The van der Waals surface area contributed by atoms with Gasteiger partial charge in [0.15, 0.2) is 5.11 Å². The van der Waals surface area contributed by atoms with Crippen LogP contribution in [0, 0.1) is 40.4 Å². The van der Waals surface area contributed by atoms with E-state index in [1.54, 1.807) is 82.0 Å². The van der Waals surface area contributed by atoms with Crippen molar-refractivity contribution in [3.63, 3.8) is 0 Å². The molecule has 0 bridgehead atoms. The maximum atomic E-state index is 13.4. The molecule has 0 radical (unpaired) electrons. The van der Waals surface area contributed by atoms with Gasteiger partial charge in [-0.15, -0.1) is 0 Å². The van der Waals surface area contributed by atoms with Crippen molar-refractivity contribution in [2.45, 2.75) is 64.8 Å². The third-order valence-electron chi connectivity index (χ3n) is 8.58. The van der Waals surface area contributed by atoms with Gasteiger partial charge in [0.2, 0.25) is 17.7 Å².